The Labute approximate surface area is 216 Å². The first-order chi connectivity index (χ1) is 16.1. The van der Waals surface area contributed by atoms with Crippen LogP contribution >= 0.6 is 24.8 Å². The Balaban J connectivity index is 0.00000216. The van der Waals surface area contributed by atoms with Gasteiger partial charge in [0.25, 0.3) is 5.91 Å². The summed E-state index contributed by atoms with van der Waals surface area (Å²) in [6.45, 7) is 0.343. The molecule has 2 aromatic carbocycles. The summed E-state index contributed by atoms with van der Waals surface area (Å²) in [5.41, 5.74) is 9.55. The fourth-order valence-corrected chi connectivity index (χ4v) is 3.53. The number of pyridine rings is 1. The maximum Gasteiger partial charge on any atom is 0.255 e. The number of fused-ring (bicyclic) bond motifs is 1. The third kappa shape index (κ3) is 7.42. The second-order valence-electron chi connectivity index (χ2n) is 7.65. The molecule has 0 radical (unpaired) electrons. The highest BCUT2D eigenvalue weighted by Gasteiger charge is 2.11. The molecule has 1 atom stereocenters. The highest BCUT2D eigenvalue weighted by atomic mass is 35.5. The van der Waals surface area contributed by atoms with Crippen LogP contribution in [-0.2, 0) is 11.2 Å². The Morgan fingerprint density at radius 2 is 1.71 bits per heavy atom. The minimum absolute atomic E-state index is 0. The summed E-state index contributed by atoms with van der Waals surface area (Å²) >= 11 is 0. The number of hydrogen-bond donors (Lipinski definition) is 4. The molecule has 4 aromatic rings. The van der Waals surface area contributed by atoms with E-state index in [0.717, 1.165) is 16.5 Å². The normalized spacial score (nSPS) is 11.3. The summed E-state index contributed by atoms with van der Waals surface area (Å²) in [5, 5.41) is 6.60. The first-order valence-electron chi connectivity index (χ1n) is 10.7. The van der Waals surface area contributed by atoms with Gasteiger partial charge in [0.15, 0.2) is 0 Å². The van der Waals surface area contributed by atoms with E-state index in [1.54, 1.807) is 30.6 Å². The molecule has 0 fully saturated rings. The molecule has 2 amide bonds. The lowest BCUT2D eigenvalue weighted by Crippen LogP contribution is -2.40. The smallest absolute Gasteiger partial charge is 0.255 e. The van der Waals surface area contributed by atoms with Crippen LogP contribution in [0.2, 0.25) is 0 Å². The topological polar surface area (TPSA) is 113 Å². The van der Waals surface area contributed by atoms with E-state index in [-0.39, 0.29) is 42.7 Å². The van der Waals surface area contributed by atoms with E-state index in [2.05, 4.69) is 20.6 Å². The predicted molar refractivity (Wildman–Crippen MR) is 145 cm³/mol. The Morgan fingerprint density at radius 1 is 1.03 bits per heavy atom. The number of anilines is 1. The number of carbonyl (C=O) groups excluding carboxylic acids is 2. The summed E-state index contributed by atoms with van der Waals surface area (Å²) in [4.78, 5) is 32.3. The van der Waals surface area contributed by atoms with Crippen LogP contribution in [0.1, 0.15) is 21.5 Å². The number of aromatic amines is 1. The predicted octanol–water partition coefficient (Wildman–Crippen LogP) is 4.36. The number of carbonyl (C=O) groups is 2. The molecule has 7 nitrogen and oxygen atoms in total. The first-order valence-corrected chi connectivity index (χ1v) is 10.7. The number of benzene rings is 2. The zero-order valence-corrected chi connectivity index (χ0v) is 20.4. The highest BCUT2D eigenvalue weighted by Crippen LogP contribution is 2.22. The molecular formula is C26H27Cl2N5O2. The van der Waals surface area contributed by atoms with Crippen molar-refractivity contribution < 1.29 is 9.59 Å². The molecule has 0 aliphatic heterocycles. The highest BCUT2D eigenvalue weighted by molar-refractivity contribution is 6.05. The number of aromatic nitrogens is 2. The van der Waals surface area contributed by atoms with Crippen molar-refractivity contribution in [3.05, 3.63) is 102 Å². The second-order valence-corrected chi connectivity index (χ2v) is 7.65. The molecule has 0 saturated carbocycles. The van der Waals surface area contributed by atoms with Crippen LogP contribution in [0.5, 0.6) is 0 Å². The van der Waals surface area contributed by atoms with Gasteiger partial charge in [0.2, 0.25) is 5.91 Å². The molecule has 4 rings (SSSR count). The van der Waals surface area contributed by atoms with Gasteiger partial charge in [-0.2, -0.15) is 0 Å². The number of amides is 2. The van der Waals surface area contributed by atoms with E-state index in [4.69, 9.17) is 5.73 Å². The molecule has 182 valence electrons. The molecular weight excluding hydrogens is 485 g/mol. The number of nitrogens with one attached hydrogen (secondary N) is 3. The van der Waals surface area contributed by atoms with Crippen molar-refractivity contribution in [2.75, 3.05) is 11.9 Å². The number of rotatable bonds is 8. The molecule has 2 heterocycles. The van der Waals surface area contributed by atoms with Gasteiger partial charge in [0, 0.05) is 41.4 Å². The van der Waals surface area contributed by atoms with Crippen LogP contribution in [0.3, 0.4) is 0 Å². The average Bonchev–Trinajstić information content (AvgIpc) is 3.25. The van der Waals surface area contributed by atoms with Crippen molar-refractivity contribution >= 4 is 59.4 Å². The zero-order valence-electron chi connectivity index (χ0n) is 18.8. The fourth-order valence-electron chi connectivity index (χ4n) is 3.53. The van der Waals surface area contributed by atoms with Crippen molar-refractivity contribution in [3.8, 4) is 0 Å². The molecule has 9 heteroatoms. The van der Waals surface area contributed by atoms with Gasteiger partial charge in [0.05, 0.1) is 11.9 Å². The SMILES string of the molecule is Cl.Cl.NC[C@H](Cc1ccccc1)NC(=O)C=Cc1c[nH]c2ncc(NC(=O)c3ccccc3)cc12. The molecule has 0 bridgehead atoms. The van der Waals surface area contributed by atoms with E-state index >= 15 is 0 Å². The van der Waals surface area contributed by atoms with Crippen LogP contribution in [0, 0.1) is 0 Å². The van der Waals surface area contributed by atoms with Crippen LogP contribution in [0.15, 0.2) is 85.2 Å². The fraction of sp³-hybridized carbons (Fsp3) is 0.115. The van der Waals surface area contributed by atoms with Crippen LogP contribution in [-0.4, -0.2) is 34.4 Å². The van der Waals surface area contributed by atoms with Crippen molar-refractivity contribution in [1.29, 1.82) is 0 Å². The molecule has 0 spiro atoms. The summed E-state index contributed by atoms with van der Waals surface area (Å²) in [6.07, 6.45) is 7.22. The number of halogens is 2. The Morgan fingerprint density at radius 3 is 2.40 bits per heavy atom. The summed E-state index contributed by atoms with van der Waals surface area (Å²) in [5.74, 6) is -0.438. The van der Waals surface area contributed by atoms with Crippen molar-refractivity contribution in [2.45, 2.75) is 12.5 Å². The van der Waals surface area contributed by atoms with Gasteiger partial charge in [-0.15, -0.1) is 24.8 Å². The molecule has 5 N–H and O–H groups in total. The number of H-pyrrole nitrogens is 1. The first kappa shape index (κ1) is 27.6. The maximum atomic E-state index is 12.5. The van der Waals surface area contributed by atoms with Crippen LogP contribution in [0.4, 0.5) is 5.69 Å². The zero-order chi connectivity index (χ0) is 23.0. The molecule has 35 heavy (non-hydrogen) atoms. The lowest BCUT2D eigenvalue weighted by molar-refractivity contribution is -0.117. The van der Waals surface area contributed by atoms with Crippen molar-refractivity contribution in [2.24, 2.45) is 5.73 Å². The third-order valence-electron chi connectivity index (χ3n) is 5.23. The lowest BCUT2D eigenvalue weighted by Gasteiger charge is -2.15. The molecule has 0 aliphatic carbocycles. The van der Waals surface area contributed by atoms with Crippen molar-refractivity contribution in [1.82, 2.24) is 15.3 Å². The monoisotopic (exact) mass is 511 g/mol. The number of nitrogens with two attached hydrogens (primary N) is 1. The molecule has 2 aromatic heterocycles. The van der Waals surface area contributed by atoms with E-state index in [1.807, 2.05) is 54.6 Å². The van der Waals surface area contributed by atoms with E-state index < -0.39 is 0 Å². The summed E-state index contributed by atoms with van der Waals surface area (Å²) in [7, 11) is 0. The second kappa shape index (κ2) is 13.3. The summed E-state index contributed by atoms with van der Waals surface area (Å²) in [6, 6.07) is 20.6. The van der Waals surface area contributed by atoms with E-state index in [9.17, 15) is 9.59 Å². The van der Waals surface area contributed by atoms with E-state index in [1.165, 1.54) is 6.08 Å². The lowest BCUT2D eigenvalue weighted by atomic mass is 10.1. The number of nitrogens with zero attached hydrogens (tertiary/aromatic N) is 1. The minimum Gasteiger partial charge on any atom is -0.348 e. The summed E-state index contributed by atoms with van der Waals surface area (Å²) < 4.78 is 0. The minimum atomic E-state index is -0.225. The molecule has 0 aliphatic rings. The quantitative estimate of drug-likeness (QED) is 0.263. The van der Waals surface area contributed by atoms with Gasteiger partial charge in [-0.3, -0.25) is 9.59 Å². The Hall–Kier alpha value is -3.65. The number of hydrogen-bond acceptors (Lipinski definition) is 4. The van der Waals surface area contributed by atoms with E-state index in [0.29, 0.717) is 29.9 Å². The standard InChI is InChI=1S/C26H25N5O2.2ClH/c27-15-21(13-18-7-3-1-4-8-18)30-24(32)12-11-20-16-28-25-23(20)14-22(17-29-25)31-26(33)19-9-5-2-6-10-19;;/h1-12,14,16-17,21H,13,15,27H2,(H,28,29)(H,30,32)(H,31,33);2*1H/t21-;;/m0../s1. The molecule has 0 saturated heterocycles. The average molecular weight is 512 g/mol. The van der Waals surface area contributed by atoms with Crippen LogP contribution < -0.4 is 16.4 Å². The Bertz CT molecular complexity index is 1280. The molecule has 0 unspecified atom stereocenters. The largest absolute Gasteiger partial charge is 0.348 e. The van der Waals surface area contributed by atoms with Gasteiger partial charge in [0.1, 0.15) is 5.65 Å². The van der Waals surface area contributed by atoms with Crippen molar-refractivity contribution in [3.63, 3.8) is 0 Å². The van der Waals surface area contributed by atoms with Gasteiger partial charge in [-0.05, 0) is 36.3 Å². The third-order valence-corrected chi connectivity index (χ3v) is 5.23. The van der Waals surface area contributed by atoms with Gasteiger partial charge < -0.3 is 21.4 Å². The van der Waals surface area contributed by atoms with Gasteiger partial charge in [-0.1, -0.05) is 48.5 Å². The van der Waals surface area contributed by atoms with Gasteiger partial charge in [-0.25, -0.2) is 4.98 Å². The van der Waals surface area contributed by atoms with Crippen LogP contribution in [0.25, 0.3) is 17.1 Å². The van der Waals surface area contributed by atoms with Gasteiger partial charge >= 0.3 is 0 Å². The Kier molecular flexibility index (Phi) is 10.5. The maximum absolute atomic E-state index is 12.5.